The fourth-order valence-electron chi connectivity index (χ4n) is 3.39. The molecule has 174 valence electrons. The summed E-state index contributed by atoms with van der Waals surface area (Å²) in [4.78, 5) is 27.8. The van der Waals surface area contributed by atoms with Crippen molar-refractivity contribution in [1.82, 2.24) is 10.2 Å². The van der Waals surface area contributed by atoms with Gasteiger partial charge in [-0.3, -0.25) is 9.59 Å². The highest BCUT2D eigenvalue weighted by atomic mass is 35.5. The topological polar surface area (TPSA) is 58.6 Å². The second-order valence-electron chi connectivity index (χ2n) is 8.99. The minimum atomic E-state index is -0.654. The van der Waals surface area contributed by atoms with E-state index < -0.39 is 11.6 Å². The molecule has 0 aromatic heterocycles. The summed E-state index contributed by atoms with van der Waals surface area (Å²) in [7, 11) is 0. The smallest absolute Gasteiger partial charge is 0.261 e. The molecule has 0 aliphatic carbocycles. The molecule has 0 heterocycles. The lowest BCUT2D eigenvalue weighted by Crippen LogP contribution is -2.54. The molecule has 0 fully saturated rings. The second kappa shape index (κ2) is 11.1. The van der Waals surface area contributed by atoms with Gasteiger partial charge in [0.1, 0.15) is 11.8 Å². The number of rotatable bonds is 8. The van der Waals surface area contributed by atoms with Gasteiger partial charge >= 0.3 is 0 Å². The van der Waals surface area contributed by atoms with Crippen molar-refractivity contribution in [3.05, 3.63) is 63.1 Å². The number of halogens is 2. The van der Waals surface area contributed by atoms with Crippen molar-refractivity contribution in [2.75, 3.05) is 6.61 Å². The molecule has 2 aromatic carbocycles. The van der Waals surface area contributed by atoms with Crippen LogP contribution >= 0.6 is 23.2 Å². The highest BCUT2D eigenvalue weighted by Crippen LogP contribution is 2.24. The van der Waals surface area contributed by atoms with Gasteiger partial charge in [0.25, 0.3) is 5.91 Å². The molecular formula is C25H32Cl2N2O3. The summed E-state index contributed by atoms with van der Waals surface area (Å²) in [5.41, 5.74) is 2.43. The largest absolute Gasteiger partial charge is 0.483 e. The zero-order valence-corrected chi connectivity index (χ0v) is 21.1. The maximum atomic E-state index is 13.3. The molecule has 0 radical (unpaired) electrons. The van der Waals surface area contributed by atoms with Gasteiger partial charge in [0, 0.05) is 12.1 Å². The van der Waals surface area contributed by atoms with Crippen LogP contribution in [0.1, 0.15) is 50.8 Å². The number of nitrogens with one attached hydrogen (secondary N) is 1. The van der Waals surface area contributed by atoms with E-state index in [1.165, 1.54) is 0 Å². The van der Waals surface area contributed by atoms with Crippen molar-refractivity contribution in [2.24, 2.45) is 0 Å². The van der Waals surface area contributed by atoms with E-state index in [-0.39, 0.29) is 25.0 Å². The van der Waals surface area contributed by atoms with Crippen molar-refractivity contribution >= 4 is 35.0 Å². The van der Waals surface area contributed by atoms with Gasteiger partial charge in [-0.2, -0.15) is 0 Å². The van der Waals surface area contributed by atoms with Crippen LogP contribution in [0.4, 0.5) is 0 Å². The Hall–Kier alpha value is -2.24. The van der Waals surface area contributed by atoms with Gasteiger partial charge in [0.05, 0.1) is 10.0 Å². The minimum Gasteiger partial charge on any atom is -0.483 e. The standard InChI is InChI=1S/C25H32Cl2N2O3/c1-7-21(24(31)28-25(4,5)6)29(14-18-9-10-19(26)20(27)13-18)23(30)15-32-22-11-8-16(2)12-17(22)3/h8-13,21H,7,14-15H2,1-6H3,(H,28,31)/t21-/m1/s1. The Kier molecular flexibility index (Phi) is 8.99. The summed E-state index contributed by atoms with van der Waals surface area (Å²) in [6.45, 7) is 11.6. The normalized spacial score (nSPS) is 12.2. The van der Waals surface area contributed by atoms with Gasteiger partial charge in [-0.1, -0.05) is 53.9 Å². The minimum absolute atomic E-state index is 0.176. The van der Waals surface area contributed by atoms with E-state index in [4.69, 9.17) is 27.9 Å². The molecule has 0 saturated heterocycles. The number of benzene rings is 2. The number of carbonyl (C=O) groups is 2. The number of hydrogen-bond donors (Lipinski definition) is 1. The summed E-state index contributed by atoms with van der Waals surface area (Å²) in [6, 6.07) is 10.3. The highest BCUT2D eigenvalue weighted by Gasteiger charge is 2.31. The first kappa shape index (κ1) is 26.0. The van der Waals surface area contributed by atoms with E-state index >= 15 is 0 Å². The second-order valence-corrected chi connectivity index (χ2v) is 9.81. The van der Waals surface area contributed by atoms with Crippen LogP contribution in [0, 0.1) is 13.8 Å². The predicted octanol–water partition coefficient (Wildman–Crippen LogP) is 5.71. The monoisotopic (exact) mass is 478 g/mol. The quantitative estimate of drug-likeness (QED) is 0.528. The average Bonchev–Trinajstić information content (AvgIpc) is 2.68. The fraction of sp³-hybridized carbons (Fsp3) is 0.440. The maximum Gasteiger partial charge on any atom is 0.261 e. The molecule has 1 atom stereocenters. The summed E-state index contributed by atoms with van der Waals surface area (Å²) >= 11 is 12.2. The molecule has 0 unspecified atom stereocenters. The molecule has 0 saturated carbocycles. The van der Waals surface area contributed by atoms with Crippen molar-refractivity contribution in [3.63, 3.8) is 0 Å². The van der Waals surface area contributed by atoms with Gasteiger partial charge < -0.3 is 15.0 Å². The van der Waals surface area contributed by atoms with Gasteiger partial charge in [-0.15, -0.1) is 0 Å². The molecule has 2 amide bonds. The molecule has 7 heteroatoms. The van der Waals surface area contributed by atoms with Crippen molar-refractivity contribution in [2.45, 2.75) is 66.1 Å². The zero-order valence-electron chi connectivity index (χ0n) is 19.6. The first-order chi connectivity index (χ1) is 14.9. The molecule has 2 rings (SSSR count). The van der Waals surface area contributed by atoms with Crippen LogP contribution < -0.4 is 10.1 Å². The summed E-state index contributed by atoms with van der Waals surface area (Å²) < 4.78 is 5.82. The number of ether oxygens (including phenoxy) is 1. The highest BCUT2D eigenvalue weighted by molar-refractivity contribution is 6.42. The van der Waals surface area contributed by atoms with E-state index in [1.807, 2.05) is 59.7 Å². The summed E-state index contributed by atoms with van der Waals surface area (Å²) in [5, 5.41) is 3.81. The number of hydrogen-bond acceptors (Lipinski definition) is 3. The Balaban J connectivity index is 2.29. The van der Waals surface area contributed by atoms with Crippen LogP contribution in [0.3, 0.4) is 0 Å². The van der Waals surface area contributed by atoms with Crippen LogP contribution in [0.25, 0.3) is 0 Å². The van der Waals surface area contributed by atoms with E-state index in [1.54, 1.807) is 23.1 Å². The number of aryl methyl sites for hydroxylation is 2. The van der Waals surface area contributed by atoms with E-state index in [0.717, 1.165) is 16.7 Å². The van der Waals surface area contributed by atoms with E-state index in [2.05, 4.69) is 5.32 Å². The molecule has 32 heavy (non-hydrogen) atoms. The molecule has 1 N–H and O–H groups in total. The number of carbonyl (C=O) groups excluding carboxylic acids is 2. The number of nitrogens with zero attached hydrogens (tertiary/aromatic N) is 1. The first-order valence-electron chi connectivity index (χ1n) is 10.7. The van der Waals surface area contributed by atoms with E-state index in [0.29, 0.717) is 22.2 Å². The number of amides is 2. The lowest BCUT2D eigenvalue weighted by atomic mass is 10.1. The molecule has 0 aliphatic heterocycles. The fourth-order valence-corrected chi connectivity index (χ4v) is 3.71. The Bertz CT molecular complexity index is 970. The zero-order chi connectivity index (χ0) is 24.1. The third kappa shape index (κ3) is 7.42. The predicted molar refractivity (Wildman–Crippen MR) is 130 cm³/mol. The van der Waals surface area contributed by atoms with Gasteiger partial charge in [0.2, 0.25) is 5.91 Å². The SMILES string of the molecule is CC[C@H](C(=O)NC(C)(C)C)N(Cc1ccc(Cl)c(Cl)c1)C(=O)COc1ccc(C)cc1C. The summed E-state index contributed by atoms with van der Waals surface area (Å²) in [6.07, 6.45) is 0.457. The Morgan fingerprint density at radius 1 is 1.06 bits per heavy atom. The molecule has 2 aromatic rings. The van der Waals surface area contributed by atoms with Crippen molar-refractivity contribution in [1.29, 1.82) is 0 Å². The van der Waals surface area contributed by atoms with Crippen molar-refractivity contribution in [3.8, 4) is 5.75 Å². The van der Waals surface area contributed by atoms with Crippen LogP contribution in [0.2, 0.25) is 10.0 Å². The molecule has 0 bridgehead atoms. The van der Waals surface area contributed by atoms with Crippen LogP contribution in [-0.4, -0.2) is 34.9 Å². The molecule has 5 nitrogen and oxygen atoms in total. The Labute approximate surface area is 201 Å². The van der Waals surface area contributed by atoms with Gasteiger partial charge in [-0.25, -0.2) is 0 Å². The Morgan fingerprint density at radius 2 is 1.75 bits per heavy atom. The first-order valence-corrected chi connectivity index (χ1v) is 11.4. The molecule has 0 spiro atoms. The van der Waals surface area contributed by atoms with Crippen molar-refractivity contribution < 1.29 is 14.3 Å². The maximum absolute atomic E-state index is 13.3. The lowest BCUT2D eigenvalue weighted by molar-refractivity contribution is -0.143. The third-order valence-corrected chi connectivity index (χ3v) is 5.64. The van der Waals surface area contributed by atoms with Crippen LogP contribution in [0.5, 0.6) is 5.75 Å². The van der Waals surface area contributed by atoms with Crippen LogP contribution in [0.15, 0.2) is 36.4 Å². The van der Waals surface area contributed by atoms with Crippen LogP contribution in [-0.2, 0) is 16.1 Å². The van der Waals surface area contributed by atoms with Gasteiger partial charge in [0.15, 0.2) is 6.61 Å². The third-order valence-electron chi connectivity index (χ3n) is 4.90. The molecule has 0 aliphatic rings. The molecular weight excluding hydrogens is 447 g/mol. The van der Waals surface area contributed by atoms with E-state index in [9.17, 15) is 9.59 Å². The lowest BCUT2D eigenvalue weighted by Gasteiger charge is -2.33. The van der Waals surface area contributed by atoms with Gasteiger partial charge in [-0.05, 0) is 70.4 Å². The average molecular weight is 479 g/mol. The Morgan fingerprint density at radius 3 is 2.31 bits per heavy atom. The summed E-state index contributed by atoms with van der Waals surface area (Å²) in [5.74, 6) is 0.150.